The molecule has 3 rings (SSSR count). The van der Waals surface area contributed by atoms with Crippen molar-refractivity contribution >= 4 is 23.4 Å². The Bertz CT molecular complexity index is 988. The van der Waals surface area contributed by atoms with Crippen LogP contribution < -0.4 is 5.32 Å². The summed E-state index contributed by atoms with van der Waals surface area (Å²) < 4.78 is 2.01. The number of nitriles is 1. The van der Waals surface area contributed by atoms with Crippen molar-refractivity contribution in [2.24, 2.45) is 0 Å². The monoisotopic (exact) mass is 377 g/mol. The number of rotatable bonds is 6. The molecular weight excluding hydrogens is 358 g/mol. The van der Waals surface area contributed by atoms with Gasteiger partial charge in [-0.05, 0) is 44.2 Å². The molecule has 1 N–H and O–H groups in total. The quantitative estimate of drug-likeness (QED) is 0.659. The Kier molecular flexibility index (Phi) is 5.89. The standard InChI is InChI=1S/C20H19N5OS/c1-3-25-19(16-6-4-5-14(2)11-16)23-24-20(25)27-13-18(26)22-17-9-7-15(12-21)8-10-17/h4-11H,3,13H2,1-2H3,(H,22,26). The van der Waals surface area contributed by atoms with E-state index in [1.54, 1.807) is 24.3 Å². The lowest BCUT2D eigenvalue weighted by Gasteiger charge is -2.08. The Hall–Kier alpha value is -3.11. The number of hydrogen-bond donors (Lipinski definition) is 1. The van der Waals surface area contributed by atoms with Gasteiger partial charge in [0.2, 0.25) is 5.91 Å². The molecule has 27 heavy (non-hydrogen) atoms. The molecule has 3 aromatic rings. The van der Waals surface area contributed by atoms with Gasteiger partial charge in [-0.15, -0.1) is 10.2 Å². The third-order valence-electron chi connectivity index (χ3n) is 3.94. The number of thioether (sulfide) groups is 1. The molecule has 6 nitrogen and oxygen atoms in total. The van der Waals surface area contributed by atoms with Crippen LogP contribution in [0.25, 0.3) is 11.4 Å². The molecule has 0 radical (unpaired) electrons. The highest BCUT2D eigenvalue weighted by atomic mass is 32.2. The van der Waals surface area contributed by atoms with Crippen LogP contribution in [-0.2, 0) is 11.3 Å². The maximum absolute atomic E-state index is 12.2. The molecule has 0 aliphatic carbocycles. The van der Waals surface area contributed by atoms with Gasteiger partial charge < -0.3 is 9.88 Å². The first-order valence-electron chi connectivity index (χ1n) is 8.53. The number of aromatic nitrogens is 3. The molecular formula is C20H19N5OS. The minimum atomic E-state index is -0.132. The summed E-state index contributed by atoms with van der Waals surface area (Å²) in [4.78, 5) is 12.2. The summed E-state index contributed by atoms with van der Waals surface area (Å²) in [6.07, 6.45) is 0. The zero-order chi connectivity index (χ0) is 19.2. The van der Waals surface area contributed by atoms with E-state index < -0.39 is 0 Å². The molecule has 2 aromatic carbocycles. The molecule has 0 saturated heterocycles. The van der Waals surface area contributed by atoms with E-state index >= 15 is 0 Å². The Labute approximate surface area is 162 Å². The number of aryl methyl sites for hydroxylation is 1. The van der Waals surface area contributed by atoms with Crippen LogP contribution in [0.2, 0.25) is 0 Å². The Morgan fingerprint density at radius 3 is 2.67 bits per heavy atom. The first-order valence-corrected chi connectivity index (χ1v) is 9.52. The largest absolute Gasteiger partial charge is 0.325 e. The van der Waals surface area contributed by atoms with E-state index in [1.807, 2.05) is 36.6 Å². The van der Waals surface area contributed by atoms with Crippen molar-refractivity contribution in [1.82, 2.24) is 14.8 Å². The minimum Gasteiger partial charge on any atom is -0.325 e. The second kappa shape index (κ2) is 8.52. The lowest BCUT2D eigenvalue weighted by molar-refractivity contribution is -0.113. The van der Waals surface area contributed by atoms with Crippen molar-refractivity contribution in [3.8, 4) is 17.5 Å². The second-order valence-electron chi connectivity index (χ2n) is 5.95. The SMILES string of the molecule is CCn1c(SCC(=O)Nc2ccc(C#N)cc2)nnc1-c1cccc(C)c1. The van der Waals surface area contributed by atoms with Crippen molar-refractivity contribution in [2.75, 3.05) is 11.1 Å². The molecule has 1 heterocycles. The van der Waals surface area contributed by atoms with E-state index in [0.29, 0.717) is 16.4 Å². The van der Waals surface area contributed by atoms with Gasteiger partial charge in [0.15, 0.2) is 11.0 Å². The maximum atomic E-state index is 12.2. The van der Waals surface area contributed by atoms with E-state index in [4.69, 9.17) is 5.26 Å². The molecule has 0 spiro atoms. The lowest BCUT2D eigenvalue weighted by Crippen LogP contribution is -2.14. The first-order chi connectivity index (χ1) is 13.1. The molecule has 7 heteroatoms. The van der Waals surface area contributed by atoms with Crippen LogP contribution in [0.1, 0.15) is 18.1 Å². The number of hydrogen-bond acceptors (Lipinski definition) is 5. The molecule has 0 aliphatic heterocycles. The summed E-state index contributed by atoms with van der Waals surface area (Å²) in [7, 11) is 0. The number of carbonyl (C=O) groups is 1. The zero-order valence-electron chi connectivity index (χ0n) is 15.1. The van der Waals surface area contributed by atoms with Crippen LogP contribution >= 0.6 is 11.8 Å². The summed E-state index contributed by atoms with van der Waals surface area (Å²) >= 11 is 1.35. The van der Waals surface area contributed by atoms with Gasteiger partial charge in [-0.1, -0.05) is 35.5 Å². The molecule has 0 fully saturated rings. The maximum Gasteiger partial charge on any atom is 0.234 e. The average molecular weight is 377 g/mol. The normalized spacial score (nSPS) is 10.4. The number of nitrogens with zero attached hydrogens (tertiary/aromatic N) is 4. The summed E-state index contributed by atoms with van der Waals surface area (Å²) in [6, 6.07) is 16.9. The fraction of sp³-hybridized carbons (Fsp3) is 0.200. The predicted molar refractivity (Wildman–Crippen MR) is 106 cm³/mol. The van der Waals surface area contributed by atoms with Crippen LogP contribution in [0.15, 0.2) is 53.7 Å². The molecule has 0 bridgehead atoms. The molecule has 1 amide bonds. The summed E-state index contributed by atoms with van der Waals surface area (Å²) in [5.74, 6) is 0.898. The highest BCUT2D eigenvalue weighted by molar-refractivity contribution is 7.99. The third kappa shape index (κ3) is 4.54. The summed E-state index contributed by atoms with van der Waals surface area (Å²) in [5, 5.41) is 20.9. The fourth-order valence-electron chi connectivity index (χ4n) is 2.63. The number of anilines is 1. The van der Waals surface area contributed by atoms with E-state index in [9.17, 15) is 4.79 Å². The van der Waals surface area contributed by atoms with Gasteiger partial charge in [0.25, 0.3) is 0 Å². The van der Waals surface area contributed by atoms with Gasteiger partial charge in [0.1, 0.15) is 0 Å². The highest BCUT2D eigenvalue weighted by Gasteiger charge is 2.14. The highest BCUT2D eigenvalue weighted by Crippen LogP contribution is 2.24. The van der Waals surface area contributed by atoms with Crippen molar-refractivity contribution in [1.29, 1.82) is 5.26 Å². The van der Waals surface area contributed by atoms with Crippen molar-refractivity contribution in [3.63, 3.8) is 0 Å². The van der Waals surface area contributed by atoms with E-state index in [2.05, 4.69) is 27.6 Å². The Morgan fingerprint density at radius 1 is 1.22 bits per heavy atom. The molecule has 1 aromatic heterocycles. The van der Waals surface area contributed by atoms with Crippen molar-refractivity contribution < 1.29 is 4.79 Å². The van der Waals surface area contributed by atoms with E-state index in [-0.39, 0.29) is 11.7 Å². The molecule has 0 unspecified atom stereocenters. The second-order valence-corrected chi connectivity index (χ2v) is 6.89. The number of nitrogens with one attached hydrogen (secondary N) is 1. The molecule has 0 aliphatic rings. The van der Waals surface area contributed by atoms with Gasteiger partial charge in [-0.2, -0.15) is 5.26 Å². The topological polar surface area (TPSA) is 83.6 Å². The van der Waals surface area contributed by atoms with Crippen LogP contribution in [-0.4, -0.2) is 26.4 Å². The predicted octanol–water partition coefficient (Wildman–Crippen LogP) is 3.88. The molecule has 0 saturated carbocycles. The van der Waals surface area contributed by atoms with Gasteiger partial charge in [0.05, 0.1) is 17.4 Å². The van der Waals surface area contributed by atoms with Crippen LogP contribution in [0.5, 0.6) is 0 Å². The zero-order valence-corrected chi connectivity index (χ0v) is 16.0. The number of benzene rings is 2. The van der Waals surface area contributed by atoms with Crippen LogP contribution in [0.3, 0.4) is 0 Å². The lowest BCUT2D eigenvalue weighted by atomic mass is 10.1. The smallest absolute Gasteiger partial charge is 0.234 e. The number of amides is 1. The Balaban J connectivity index is 1.67. The van der Waals surface area contributed by atoms with Crippen LogP contribution in [0, 0.1) is 18.3 Å². The van der Waals surface area contributed by atoms with Gasteiger partial charge in [-0.3, -0.25) is 4.79 Å². The number of carbonyl (C=O) groups excluding carboxylic acids is 1. The summed E-state index contributed by atoms with van der Waals surface area (Å²) in [6.45, 7) is 4.79. The van der Waals surface area contributed by atoms with Gasteiger partial charge >= 0.3 is 0 Å². The molecule has 0 atom stereocenters. The average Bonchev–Trinajstić information content (AvgIpc) is 3.10. The van der Waals surface area contributed by atoms with Crippen LogP contribution in [0.4, 0.5) is 5.69 Å². The van der Waals surface area contributed by atoms with E-state index in [0.717, 1.165) is 23.5 Å². The fourth-order valence-corrected chi connectivity index (χ4v) is 3.44. The van der Waals surface area contributed by atoms with Crippen molar-refractivity contribution in [3.05, 3.63) is 59.7 Å². The molecule has 136 valence electrons. The van der Waals surface area contributed by atoms with Gasteiger partial charge in [-0.25, -0.2) is 0 Å². The third-order valence-corrected chi connectivity index (χ3v) is 4.91. The Morgan fingerprint density at radius 2 is 2.00 bits per heavy atom. The van der Waals surface area contributed by atoms with Gasteiger partial charge in [0, 0.05) is 17.8 Å². The van der Waals surface area contributed by atoms with E-state index in [1.165, 1.54) is 11.8 Å². The first kappa shape index (κ1) is 18.7. The van der Waals surface area contributed by atoms with Crippen molar-refractivity contribution in [2.45, 2.75) is 25.5 Å². The summed E-state index contributed by atoms with van der Waals surface area (Å²) in [5.41, 5.74) is 3.39. The minimum absolute atomic E-state index is 0.132.